The molecule has 1 fully saturated rings. The maximum atomic E-state index is 12.8. The zero-order valence-electron chi connectivity index (χ0n) is 17.1. The molecule has 2 aliphatic heterocycles. The summed E-state index contributed by atoms with van der Waals surface area (Å²) < 4.78 is 16.4. The highest BCUT2D eigenvalue weighted by molar-refractivity contribution is 6.01. The smallest absolute Gasteiger partial charge is 0.340 e. The summed E-state index contributed by atoms with van der Waals surface area (Å²) in [4.78, 5) is 26.1. The number of nitrogens with one attached hydrogen (secondary N) is 2. The number of para-hydroxylation sites is 1. The lowest BCUT2D eigenvalue weighted by Crippen LogP contribution is -3.11. The van der Waals surface area contributed by atoms with Crippen LogP contribution in [0.5, 0.6) is 11.5 Å². The van der Waals surface area contributed by atoms with Crippen molar-refractivity contribution < 1.29 is 28.7 Å². The first-order valence-corrected chi connectivity index (χ1v) is 10.5. The number of esters is 1. The predicted octanol–water partition coefficient (Wildman–Crippen LogP) is 1.99. The average Bonchev–Trinajstić information content (AvgIpc) is 3.22. The molecule has 4 rings (SSSR count). The van der Waals surface area contributed by atoms with E-state index >= 15 is 0 Å². The fourth-order valence-corrected chi connectivity index (χ4v) is 4.18. The van der Waals surface area contributed by atoms with Crippen LogP contribution < -0.4 is 19.7 Å². The molecule has 1 saturated heterocycles. The molecule has 7 nitrogen and oxygen atoms in total. The predicted molar refractivity (Wildman–Crippen MR) is 111 cm³/mol. The molecule has 0 radical (unpaired) electrons. The number of carbonyl (C=O) groups excluding carboxylic acids is 2. The first-order chi connectivity index (χ1) is 14.7. The number of anilines is 1. The molecular weight excluding hydrogens is 384 g/mol. The molecule has 0 spiro atoms. The Morgan fingerprint density at radius 3 is 2.77 bits per heavy atom. The summed E-state index contributed by atoms with van der Waals surface area (Å²) in [5, 5.41) is 2.89. The van der Waals surface area contributed by atoms with Crippen LogP contribution in [0.4, 0.5) is 5.69 Å². The van der Waals surface area contributed by atoms with Crippen LogP contribution in [-0.2, 0) is 9.53 Å². The number of hydrogen-bond acceptors (Lipinski definition) is 5. The Bertz CT molecular complexity index is 930. The van der Waals surface area contributed by atoms with Crippen LogP contribution in [0.3, 0.4) is 0 Å². The van der Waals surface area contributed by atoms with Crippen molar-refractivity contribution >= 4 is 17.6 Å². The van der Waals surface area contributed by atoms with Gasteiger partial charge in [-0.2, -0.15) is 0 Å². The van der Waals surface area contributed by atoms with Gasteiger partial charge in [0.25, 0.3) is 5.91 Å². The van der Waals surface area contributed by atoms with Crippen LogP contribution in [0, 0.1) is 0 Å². The summed E-state index contributed by atoms with van der Waals surface area (Å²) >= 11 is 0. The summed E-state index contributed by atoms with van der Waals surface area (Å²) in [6.07, 6.45) is 2.07. The van der Waals surface area contributed by atoms with E-state index in [0.717, 1.165) is 36.4 Å². The molecule has 2 N–H and O–H groups in total. The minimum absolute atomic E-state index is 0.119. The summed E-state index contributed by atoms with van der Waals surface area (Å²) in [5.74, 6) is 0.998. The van der Waals surface area contributed by atoms with Gasteiger partial charge in [0.05, 0.1) is 24.4 Å². The summed E-state index contributed by atoms with van der Waals surface area (Å²) in [5.41, 5.74) is 2.01. The summed E-state index contributed by atoms with van der Waals surface area (Å²) in [6, 6.07) is 13.2. The van der Waals surface area contributed by atoms with Crippen molar-refractivity contribution in [2.24, 2.45) is 0 Å². The van der Waals surface area contributed by atoms with E-state index in [1.54, 1.807) is 31.2 Å². The van der Waals surface area contributed by atoms with Crippen molar-refractivity contribution in [1.82, 2.24) is 0 Å². The van der Waals surface area contributed by atoms with Crippen molar-refractivity contribution in [1.29, 1.82) is 0 Å². The van der Waals surface area contributed by atoms with E-state index in [1.807, 2.05) is 12.1 Å². The lowest BCUT2D eigenvalue weighted by molar-refractivity contribution is -0.910. The number of benzene rings is 2. The third-order valence-corrected chi connectivity index (χ3v) is 5.54. The van der Waals surface area contributed by atoms with Crippen LogP contribution in [0.1, 0.15) is 41.7 Å². The van der Waals surface area contributed by atoms with Gasteiger partial charge in [0.15, 0.2) is 18.0 Å². The van der Waals surface area contributed by atoms with Crippen molar-refractivity contribution in [3.8, 4) is 11.5 Å². The second-order valence-corrected chi connectivity index (χ2v) is 7.50. The number of amides is 1. The Kier molecular flexibility index (Phi) is 6.18. The van der Waals surface area contributed by atoms with Crippen LogP contribution in [-0.4, -0.2) is 44.8 Å². The van der Waals surface area contributed by atoms with Gasteiger partial charge in [-0.1, -0.05) is 12.1 Å². The summed E-state index contributed by atoms with van der Waals surface area (Å²) in [7, 11) is 0. The Hall–Kier alpha value is -3.06. The molecule has 2 aliphatic rings. The Labute approximate surface area is 175 Å². The van der Waals surface area contributed by atoms with Crippen molar-refractivity contribution in [2.45, 2.75) is 25.8 Å². The second kappa shape index (κ2) is 9.17. The molecule has 158 valence electrons. The number of fused-ring (bicyclic) bond motifs is 1. The van der Waals surface area contributed by atoms with Gasteiger partial charge in [-0.05, 0) is 37.3 Å². The topological polar surface area (TPSA) is 78.3 Å². The molecule has 2 heterocycles. The fraction of sp³-hybridized carbons (Fsp3) is 0.391. The highest BCUT2D eigenvalue weighted by atomic mass is 16.6. The first-order valence-electron chi connectivity index (χ1n) is 10.5. The third kappa shape index (κ3) is 4.41. The van der Waals surface area contributed by atoms with E-state index in [4.69, 9.17) is 14.2 Å². The number of likely N-dealkylation sites (tertiary alicyclic amines) is 1. The van der Waals surface area contributed by atoms with Gasteiger partial charge in [-0.15, -0.1) is 0 Å². The Balaban J connectivity index is 1.44. The molecule has 0 bridgehead atoms. The van der Waals surface area contributed by atoms with Gasteiger partial charge >= 0.3 is 5.97 Å². The van der Waals surface area contributed by atoms with Crippen LogP contribution in [0.15, 0.2) is 42.5 Å². The van der Waals surface area contributed by atoms with E-state index in [2.05, 4.69) is 11.4 Å². The highest BCUT2D eigenvalue weighted by Crippen LogP contribution is 2.33. The van der Waals surface area contributed by atoms with Crippen LogP contribution in [0.2, 0.25) is 0 Å². The molecule has 2 aromatic rings. The molecule has 1 amide bonds. The van der Waals surface area contributed by atoms with Crippen molar-refractivity contribution in [3.05, 3.63) is 53.6 Å². The second-order valence-electron chi connectivity index (χ2n) is 7.50. The number of rotatable bonds is 6. The standard InChI is InChI=1S/C23H26N2O5/c1-2-28-23(27)17-6-3-4-7-18(17)24-22(26)15-25-11-5-8-19(25)16-9-10-20-21(14-16)30-13-12-29-20/h3-4,6-7,9-10,14,19H,2,5,8,11-13,15H2,1H3,(H,24,26)/p+1/t19-/m0/s1. The SMILES string of the molecule is CCOC(=O)c1ccccc1NC(=O)C[NH+]1CCC[C@H]1c1ccc2c(c1)OCCO2. The van der Waals surface area contributed by atoms with E-state index in [1.165, 1.54) is 4.90 Å². The van der Waals surface area contributed by atoms with E-state index < -0.39 is 5.97 Å². The van der Waals surface area contributed by atoms with Gasteiger partial charge in [-0.3, -0.25) is 4.79 Å². The molecule has 0 aromatic heterocycles. The maximum Gasteiger partial charge on any atom is 0.340 e. The maximum absolute atomic E-state index is 12.8. The molecule has 2 atom stereocenters. The van der Waals surface area contributed by atoms with Gasteiger partial charge in [0, 0.05) is 18.4 Å². The molecule has 7 heteroatoms. The molecule has 1 unspecified atom stereocenters. The number of carbonyl (C=O) groups is 2. The zero-order chi connectivity index (χ0) is 20.9. The number of ether oxygens (including phenoxy) is 3. The molecular formula is C23H27N2O5+. The Morgan fingerprint density at radius 1 is 1.13 bits per heavy atom. The zero-order valence-corrected chi connectivity index (χ0v) is 17.1. The lowest BCUT2D eigenvalue weighted by atomic mass is 10.0. The minimum Gasteiger partial charge on any atom is -0.486 e. The normalized spacial score (nSPS) is 19.9. The molecule has 0 saturated carbocycles. The van der Waals surface area contributed by atoms with Crippen LogP contribution >= 0.6 is 0 Å². The largest absolute Gasteiger partial charge is 0.486 e. The van der Waals surface area contributed by atoms with E-state index in [9.17, 15) is 9.59 Å². The van der Waals surface area contributed by atoms with E-state index in [0.29, 0.717) is 31.0 Å². The Morgan fingerprint density at radius 2 is 1.93 bits per heavy atom. The van der Waals surface area contributed by atoms with E-state index in [-0.39, 0.29) is 18.6 Å². The average molecular weight is 411 g/mol. The fourth-order valence-electron chi connectivity index (χ4n) is 4.18. The van der Waals surface area contributed by atoms with Crippen molar-refractivity contribution in [2.75, 3.05) is 38.2 Å². The minimum atomic E-state index is -0.434. The van der Waals surface area contributed by atoms with Gasteiger partial charge in [0.1, 0.15) is 19.3 Å². The van der Waals surface area contributed by atoms with Gasteiger partial charge < -0.3 is 24.4 Å². The van der Waals surface area contributed by atoms with Crippen molar-refractivity contribution in [3.63, 3.8) is 0 Å². The molecule has 2 aromatic carbocycles. The van der Waals surface area contributed by atoms with Gasteiger partial charge in [-0.25, -0.2) is 4.79 Å². The lowest BCUT2D eigenvalue weighted by Gasteiger charge is -2.24. The number of quaternary nitrogens is 1. The summed E-state index contributed by atoms with van der Waals surface area (Å²) in [6.45, 7) is 4.42. The monoisotopic (exact) mass is 411 g/mol. The number of hydrogen-bond donors (Lipinski definition) is 2. The van der Waals surface area contributed by atoms with Gasteiger partial charge in [0.2, 0.25) is 0 Å². The molecule has 0 aliphatic carbocycles. The first kappa shape index (κ1) is 20.2. The van der Waals surface area contributed by atoms with Crippen LogP contribution in [0.25, 0.3) is 0 Å². The molecule has 30 heavy (non-hydrogen) atoms. The quantitative estimate of drug-likeness (QED) is 0.711. The third-order valence-electron chi connectivity index (χ3n) is 5.54. The highest BCUT2D eigenvalue weighted by Gasteiger charge is 2.32.